The minimum absolute atomic E-state index is 0.611. The van der Waals surface area contributed by atoms with Gasteiger partial charge < -0.3 is 0 Å². The minimum Gasteiger partial charge on any atom is -0.256 e. The third kappa shape index (κ3) is 1.61. The van der Waals surface area contributed by atoms with E-state index in [0.717, 1.165) is 16.5 Å². The molecule has 0 aliphatic heterocycles. The highest BCUT2D eigenvalue weighted by Crippen LogP contribution is 2.20. The third-order valence-corrected chi connectivity index (χ3v) is 2.35. The maximum Gasteiger partial charge on any atom is 0.119 e. The van der Waals surface area contributed by atoms with Gasteiger partial charge in [0, 0.05) is 17.1 Å². The molecule has 1 heterocycles. The molecule has 2 aromatic rings. The first kappa shape index (κ1) is 9.16. The molecule has 14 heavy (non-hydrogen) atoms. The van der Waals surface area contributed by atoms with Crippen LogP contribution < -0.4 is 0 Å². The number of fused-ring (bicyclic) bond motifs is 1. The molecule has 0 aliphatic carbocycles. The molecule has 1 aromatic carbocycles. The average molecular weight is 186 g/mol. The molecule has 2 rings (SSSR count). The lowest BCUT2D eigenvalue weighted by molar-refractivity contribution is 0.0855. The molecule has 0 spiro atoms. The predicted octanol–water partition coefficient (Wildman–Crippen LogP) is 3.12. The van der Waals surface area contributed by atoms with Gasteiger partial charge in [0.25, 0.3) is 0 Å². The molecule has 1 atom stereocenters. The number of benzene rings is 1. The molecule has 71 valence electrons. The highest BCUT2D eigenvalue weighted by molar-refractivity contribution is 5.78. The summed E-state index contributed by atoms with van der Waals surface area (Å²) in [5.41, 5.74) is 1.73. The Morgan fingerprint density at radius 2 is 2.14 bits per heavy atom. The van der Waals surface area contributed by atoms with Crippen molar-refractivity contribution >= 4 is 10.9 Å². The fourth-order valence-electron chi connectivity index (χ4n) is 1.50. The van der Waals surface area contributed by atoms with Crippen molar-refractivity contribution in [3.63, 3.8) is 0 Å². The van der Waals surface area contributed by atoms with E-state index >= 15 is 0 Å². The van der Waals surface area contributed by atoms with Crippen molar-refractivity contribution in [1.82, 2.24) is 4.98 Å². The summed E-state index contributed by atoms with van der Waals surface area (Å²) >= 11 is 0. The Hall–Kier alpha value is -1.41. The van der Waals surface area contributed by atoms with Gasteiger partial charge >= 0.3 is 0 Å². The average Bonchev–Trinajstić information content (AvgIpc) is 2.27. The molecule has 0 fully saturated rings. The van der Waals surface area contributed by atoms with E-state index in [0.29, 0.717) is 6.42 Å². The van der Waals surface area contributed by atoms with Crippen LogP contribution in [0, 0.1) is 0 Å². The van der Waals surface area contributed by atoms with E-state index < -0.39 is 6.10 Å². The summed E-state index contributed by atoms with van der Waals surface area (Å²) in [6.45, 7) is 1.90. The van der Waals surface area contributed by atoms with E-state index in [1.807, 2.05) is 37.3 Å². The summed E-state index contributed by atoms with van der Waals surface area (Å²) < 4.78 is 0. The van der Waals surface area contributed by atoms with E-state index in [4.69, 9.17) is 0 Å². The number of pyridine rings is 1. The topological polar surface area (TPSA) is 32.8 Å². The van der Waals surface area contributed by atoms with Crippen LogP contribution in [0.3, 0.4) is 0 Å². The van der Waals surface area contributed by atoms with Gasteiger partial charge in [-0.05, 0) is 18.6 Å². The quantitative estimate of drug-likeness (QED) is 0.709. The summed E-state index contributed by atoms with van der Waals surface area (Å²) in [6, 6.07) is 9.77. The van der Waals surface area contributed by atoms with E-state index in [1.54, 1.807) is 6.20 Å². The van der Waals surface area contributed by atoms with Crippen LogP contribution in [0.25, 0.3) is 10.9 Å². The predicted molar refractivity (Wildman–Crippen MR) is 55.5 cm³/mol. The lowest BCUT2D eigenvalue weighted by atomic mass is 10.1. The standard InChI is InChI=1S/C12H12NO/c1-2-12(14)10-7-9-5-3-4-6-11(9)13-8-10/h3-8,12H,2H2,1H3. The molecule has 1 unspecified atom stereocenters. The van der Waals surface area contributed by atoms with Crippen LogP contribution in [0.5, 0.6) is 0 Å². The number of rotatable bonds is 2. The second-order valence-electron chi connectivity index (χ2n) is 3.36. The number of hydrogen-bond acceptors (Lipinski definition) is 1. The van der Waals surface area contributed by atoms with Crippen LogP contribution in [0.1, 0.15) is 25.0 Å². The summed E-state index contributed by atoms with van der Waals surface area (Å²) in [5.74, 6) is 0. The van der Waals surface area contributed by atoms with Crippen LogP contribution in [0.15, 0.2) is 36.5 Å². The second kappa shape index (κ2) is 3.76. The molecule has 0 amide bonds. The summed E-state index contributed by atoms with van der Waals surface area (Å²) in [4.78, 5) is 4.25. The number of aromatic nitrogens is 1. The summed E-state index contributed by atoms with van der Waals surface area (Å²) in [6.07, 6.45) is 1.65. The molecule has 0 aliphatic rings. The molecule has 1 aromatic heterocycles. The van der Waals surface area contributed by atoms with Crippen LogP contribution in [-0.2, 0) is 5.11 Å². The maximum atomic E-state index is 11.5. The Bertz CT molecular complexity index is 439. The van der Waals surface area contributed by atoms with Crippen molar-refractivity contribution in [2.45, 2.75) is 19.4 Å². The zero-order chi connectivity index (χ0) is 9.97. The molecular formula is C12H12NO. The molecule has 0 saturated heterocycles. The van der Waals surface area contributed by atoms with Gasteiger partial charge in [0.05, 0.1) is 5.52 Å². The lowest BCUT2D eigenvalue weighted by Gasteiger charge is -2.05. The number of nitrogens with zero attached hydrogens (tertiary/aromatic N) is 1. The van der Waals surface area contributed by atoms with E-state index in [-0.39, 0.29) is 0 Å². The van der Waals surface area contributed by atoms with Crippen LogP contribution >= 0.6 is 0 Å². The van der Waals surface area contributed by atoms with Crippen molar-refractivity contribution in [3.8, 4) is 0 Å². The fraction of sp³-hybridized carbons (Fsp3) is 0.250. The first-order valence-electron chi connectivity index (χ1n) is 4.81. The smallest absolute Gasteiger partial charge is 0.119 e. The van der Waals surface area contributed by atoms with Crippen LogP contribution in [0.2, 0.25) is 0 Å². The number of para-hydroxylation sites is 1. The van der Waals surface area contributed by atoms with Crippen LogP contribution in [0.4, 0.5) is 0 Å². The van der Waals surface area contributed by atoms with Crippen molar-refractivity contribution in [1.29, 1.82) is 0 Å². The largest absolute Gasteiger partial charge is 0.256 e. The van der Waals surface area contributed by atoms with Crippen molar-refractivity contribution in [2.75, 3.05) is 0 Å². The highest BCUT2D eigenvalue weighted by atomic mass is 16.3. The Morgan fingerprint density at radius 3 is 2.93 bits per heavy atom. The second-order valence-corrected chi connectivity index (χ2v) is 3.36. The molecule has 2 nitrogen and oxygen atoms in total. The zero-order valence-electron chi connectivity index (χ0n) is 8.10. The Balaban J connectivity index is 2.51. The van der Waals surface area contributed by atoms with Gasteiger partial charge in [-0.25, -0.2) is 5.11 Å². The third-order valence-electron chi connectivity index (χ3n) is 2.35. The normalized spacial score (nSPS) is 13.0. The zero-order valence-corrected chi connectivity index (χ0v) is 8.10. The Labute approximate surface area is 83.2 Å². The van der Waals surface area contributed by atoms with E-state index in [9.17, 15) is 5.11 Å². The van der Waals surface area contributed by atoms with Crippen molar-refractivity contribution in [3.05, 3.63) is 42.1 Å². The molecule has 0 bridgehead atoms. The summed E-state index contributed by atoms with van der Waals surface area (Å²) in [5, 5.41) is 12.5. The van der Waals surface area contributed by atoms with Crippen molar-refractivity contribution < 1.29 is 5.11 Å². The van der Waals surface area contributed by atoms with Gasteiger partial charge in [-0.1, -0.05) is 25.1 Å². The van der Waals surface area contributed by atoms with Crippen LogP contribution in [-0.4, -0.2) is 4.98 Å². The Kier molecular flexibility index (Phi) is 2.46. The molecule has 2 heteroatoms. The molecule has 1 radical (unpaired) electrons. The monoisotopic (exact) mass is 186 g/mol. The van der Waals surface area contributed by atoms with Gasteiger partial charge in [-0.3, -0.25) is 4.98 Å². The Morgan fingerprint density at radius 1 is 1.36 bits per heavy atom. The first-order valence-corrected chi connectivity index (χ1v) is 4.81. The van der Waals surface area contributed by atoms with Gasteiger partial charge in [0.15, 0.2) is 0 Å². The van der Waals surface area contributed by atoms with Gasteiger partial charge in [-0.15, -0.1) is 0 Å². The van der Waals surface area contributed by atoms with Crippen molar-refractivity contribution in [2.24, 2.45) is 0 Å². The van der Waals surface area contributed by atoms with Gasteiger partial charge in [-0.2, -0.15) is 0 Å². The number of hydrogen-bond donors (Lipinski definition) is 0. The lowest BCUT2D eigenvalue weighted by Crippen LogP contribution is -1.94. The SMILES string of the molecule is CCC([O])c1cnc2ccccc2c1. The molecule has 0 N–H and O–H groups in total. The highest BCUT2D eigenvalue weighted by Gasteiger charge is 2.07. The van der Waals surface area contributed by atoms with Gasteiger partial charge in [0.1, 0.15) is 6.10 Å². The first-order chi connectivity index (χ1) is 6.81. The maximum absolute atomic E-state index is 11.5. The van der Waals surface area contributed by atoms with E-state index in [1.165, 1.54) is 0 Å². The van der Waals surface area contributed by atoms with E-state index in [2.05, 4.69) is 4.98 Å². The minimum atomic E-state index is -0.646. The van der Waals surface area contributed by atoms with Gasteiger partial charge in [0.2, 0.25) is 0 Å². The molecule has 0 saturated carbocycles. The molecular weight excluding hydrogens is 174 g/mol. The summed E-state index contributed by atoms with van der Waals surface area (Å²) in [7, 11) is 0. The fourth-order valence-corrected chi connectivity index (χ4v) is 1.50.